The zero-order valence-electron chi connectivity index (χ0n) is 36.4. The van der Waals surface area contributed by atoms with Crippen molar-refractivity contribution >= 4 is 59.3 Å². The lowest BCUT2D eigenvalue weighted by molar-refractivity contribution is 0.569. The molecule has 1 heterocycles. The second kappa shape index (κ2) is 15.6. The minimum Gasteiger partial charge on any atom is -0.309 e. The van der Waals surface area contributed by atoms with Crippen LogP contribution in [0, 0.1) is 0 Å². The van der Waals surface area contributed by atoms with E-state index in [1.165, 1.54) is 86.6 Å². The predicted molar refractivity (Wildman–Crippen MR) is 271 cm³/mol. The van der Waals surface area contributed by atoms with Crippen molar-refractivity contribution in [2.75, 3.05) is 4.90 Å². The minimum absolute atomic E-state index is 0.00136. The van der Waals surface area contributed by atoms with Gasteiger partial charge in [-0.1, -0.05) is 211 Å². The van der Waals surface area contributed by atoms with Crippen LogP contribution < -0.4 is 4.90 Å². The van der Waals surface area contributed by atoms with E-state index in [4.69, 9.17) is 0 Å². The van der Waals surface area contributed by atoms with Crippen molar-refractivity contribution in [2.45, 2.75) is 52.4 Å². The van der Waals surface area contributed by atoms with Gasteiger partial charge in [0.1, 0.15) is 0 Å². The van der Waals surface area contributed by atoms with Gasteiger partial charge < -0.3 is 4.90 Å². The van der Waals surface area contributed by atoms with E-state index in [2.05, 4.69) is 247 Å². The number of fused-ring (bicyclic) bond motifs is 4. The molecule has 0 aliphatic heterocycles. The molecule has 62 heavy (non-hydrogen) atoms. The zero-order chi connectivity index (χ0) is 42.6. The van der Waals surface area contributed by atoms with Gasteiger partial charge in [0.2, 0.25) is 0 Å². The van der Waals surface area contributed by atoms with Gasteiger partial charge in [-0.05, 0) is 96.4 Å². The van der Waals surface area contributed by atoms with E-state index in [0.717, 1.165) is 17.1 Å². The summed E-state index contributed by atoms with van der Waals surface area (Å²) in [4.78, 5) is 2.54. The van der Waals surface area contributed by atoms with Crippen LogP contribution in [0.5, 0.6) is 0 Å². The highest BCUT2D eigenvalue weighted by Crippen LogP contribution is 2.51. The fourth-order valence-corrected chi connectivity index (χ4v) is 10.2. The molecule has 0 saturated carbocycles. The number of rotatable bonds is 7. The molecule has 0 atom stereocenters. The van der Waals surface area contributed by atoms with Gasteiger partial charge >= 0.3 is 0 Å². The maximum absolute atomic E-state index is 2.54. The molecule has 0 unspecified atom stereocenters. The second-order valence-corrected chi connectivity index (χ2v) is 19.7. The summed E-state index contributed by atoms with van der Waals surface area (Å²) in [5.41, 5.74) is 15.8. The summed E-state index contributed by atoms with van der Waals surface area (Å²) in [6.07, 6.45) is 0. The molecule has 9 aromatic carbocycles. The van der Waals surface area contributed by atoms with E-state index < -0.39 is 0 Å². The second-order valence-electron chi connectivity index (χ2n) is 18.6. The summed E-state index contributed by atoms with van der Waals surface area (Å²) in [5, 5.41) is 5.03. The number of para-hydroxylation sites is 2. The van der Waals surface area contributed by atoms with E-state index in [-0.39, 0.29) is 10.8 Å². The fraction of sp³-hybridized carbons (Fsp3) is 0.133. The molecule has 1 nitrogen and oxygen atoms in total. The first-order valence-corrected chi connectivity index (χ1v) is 22.6. The molecule has 0 spiro atoms. The summed E-state index contributed by atoms with van der Waals surface area (Å²) in [6.45, 7) is 13.9. The summed E-state index contributed by atoms with van der Waals surface area (Å²) in [7, 11) is 0. The number of hydrogen-bond acceptors (Lipinski definition) is 2. The van der Waals surface area contributed by atoms with Crippen molar-refractivity contribution in [2.24, 2.45) is 0 Å². The summed E-state index contributed by atoms with van der Waals surface area (Å²) in [6, 6.07) is 74.3. The molecule has 0 aliphatic carbocycles. The van der Waals surface area contributed by atoms with Crippen molar-refractivity contribution in [3.05, 3.63) is 211 Å². The molecule has 0 saturated heterocycles. The van der Waals surface area contributed by atoms with Crippen molar-refractivity contribution < 1.29 is 0 Å². The van der Waals surface area contributed by atoms with E-state index in [9.17, 15) is 0 Å². The van der Waals surface area contributed by atoms with Crippen LogP contribution in [-0.2, 0) is 10.8 Å². The first kappa shape index (κ1) is 39.4. The number of benzene rings is 9. The van der Waals surface area contributed by atoms with Crippen molar-refractivity contribution in [1.29, 1.82) is 0 Å². The lowest BCUT2D eigenvalue weighted by Crippen LogP contribution is -2.16. The summed E-state index contributed by atoms with van der Waals surface area (Å²) in [5.74, 6) is 0. The lowest BCUT2D eigenvalue weighted by Gasteiger charge is -2.31. The lowest BCUT2D eigenvalue weighted by atomic mass is 9.78. The van der Waals surface area contributed by atoms with Crippen LogP contribution in [-0.4, -0.2) is 0 Å². The van der Waals surface area contributed by atoms with Crippen molar-refractivity contribution in [1.82, 2.24) is 0 Å². The van der Waals surface area contributed by atoms with Crippen LogP contribution in [0.2, 0.25) is 0 Å². The van der Waals surface area contributed by atoms with Gasteiger partial charge in [0.25, 0.3) is 0 Å². The highest BCUT2D eigenvalue weighted by molar-refractivity contribution is 7.26. The molecule has 10 rings (SSSR count). The van der Waals surface area contributed by atoms with Gasteiger partial charge in [0, 0.05) is 31.3 Å². The summed E-state index contributed by atoms with van der Waals surface area (Å²) < 4.78 is 2.57. The van der Waals surface area contributed by atoms with Crippen LogP contribution in [0.15, 0.2) is 200 Å². The Morgan fingerprint density at radius 2 is 0.839 bits per heavy atom. The first-order valence-electron chi connectivity index (χ1n) is 21.8. The van der Waals surface area contributed by atoms with Crippen LogP contribution in [0.1, 0.15) is 52.7 Å². The maximum atomic E-state index is 2.54. The SMILES string of the molecule is CC(C)(C)c1cc(-c2cccc3cccc(-c4ccccc4N(c4ccccc4-c4ccc(-c5ccccc5)cc4)c4cccc5sc6ccccc6c45)c23)cc(C(C)(C)C)c1. The Bertz CT molecular complexity index is 3210. The summed E-state index contributed by atoms with van der Waals surface area (Å²) >= 11 is 1.86. The molecular weight excluding hydrogens is 767 g/mol. The third-order valence-corrected chi connectivity index (χ3v) is 13.5. The molecule has 10 aromatic rings. The Labute approximate surface area is 370 Å². The number of nitrogens with zero attached hydrogens (tertiary/aromatic N) is 1. The van der Waals surface area contributed by atoms with Crippen LogP contribution in [0.3, 0.4) is 0 Å². The van der Waals surface area contributed by atoms with E-state index in [1.54, 1.807) is 0 Å². The largest absolute Gasteiger partial charge is 0.309 e. The molecule has 0 bridgehead atoms. The standard InChI is InChI=1S/C60H51NS/c1-59(2,3)45-37-44(38-46(39-45)60(4,5)6)48-26-16-21-43-22-17-27-50(57(43)48)49-24-11-14-29-53(49)61(54-30-18-32-56-58(54)51-25-12-15-31-55(51)62-56)52-28-13-10-23-47(52)42-35-33-41(34-36-42)40-19-8-7-9-20-40/h7-39H,1-6H3. The predicted octanol–water partition coefficient (Wildman–Crippen LogP) is 17.9. The first-order chi connectivity index (χ1) is 30.0. The van der Waals surface area contributed by atoms with E-state index in [1.807, 2.05) is 11.3 Å². The average Bonchev–Trinajstić information content (AvgIpc) is 3.68. The smallest absolute Gasteiger partial charge is 0.0555 e. The third kappa shape index (κ3) is 7.19. The van der Waals surface area contributed by atoms with Gasteiger partial charge in [-0.25, -0.2) is 0 Å². The molecule has 1 aromatic heterocycles. The number of thiophene rings is 1. The number of hydrogen-bond donors (Lipinski definition) is 0. The Balaban J connectivity index is 1.24. The van der Waals surface area contributed by atoms with Gasteiger partial charge in [0.15, 0.2) is 0 Å². The van der Waals surface area contributed by atoms with Gasteiger partial charge in [0.05, 0.1) is 17.1 Å². The molecule has 2 heteroatoms. The molecular formula is C60H51NS. The molecule has 302 valence electrons. The fourth-order valence-electron chi connectivity index (χ4n) is 9.07. The molecule has 0 fully saturated rings. The van der Waals surface area contributed by atoms with Crippen LogP contribution in [0.25, 0.3) is 75.5 Å². The van der Waals surface area contributed by atoms with E-state index in [0.29, 0.717) is 0 Å². The molecule has 0 radical (unpaired) electrons. The van der Waals surface area contributed by atoms with Gasteiger partial charge in [-0.15, -0.1) is 11.3 Å². The Morgan fingerprint density at radius 3 is 1.53 bits per heavy atom. The Morgan fingerprint density at radius 1 is 0.339 bits per heavy atom. The quantitative estimate of drug-likeness (QED) is 0.155. The average molecular weight is 818 g/mol. The normalized spacial score (nSPS) is 12.0. The van der Waals surface area contributed by atoms with E-state index >= 15 is 0 Å². The minimum atomic E-state index is -0.00136. The van der Waals surface area contributed by atoms with Gasteiger partial charge in [-0.2, -0.15) is 0 Å². The topological polar surface area (TPSA) is 3.24 Å². The Hall–Kier alpha value is -6.74. The van der Waals surface area contributed by atoms with Gasteiger partial charge in [-0.3, -0.25) is 0 Å². The molecule has 0 amide bonds. The molecule has 0 aliphatic rings. The van der Waals surface area contributed by atoms with Crippen molar-refractivity contribution in [3.63, 3.8) is 0 Å². The maximum Gasteiger partial charge on any atom is 0.0555 e. The number of anilines is 3. The third-order valence-electron chi connectivity index (χ3n) is 12.4. The van der Waals surface area contributed by atoms with Crippen molar-refractivity contribution in [3.8, 4) is 44.5 Å². The van der Waals surface area contributed by atoms with Crippen LogP contribution >= 0.6 is 11.3 Å². The molecule has 0 N–H and O–H groups in total. The zero-order valence-corrected chi connectivity index (χ0v) is 37.2. The highest BCUT2D eigenvalue weighted by atomic mass is 32.1. The Kier molecular flexibility index (Phi) is 9.93. The highest BCUT2D eigenvalue weighted by Gasteiger charge is 2.26. The monoisotopic (exact) mass is 817 g/mol. The van der Waals surface area contributed by atoms with Crippen LogP contribution in [0.4, 0.5) is 17.1 Å².